The van der Waals surface area contributed by atoms with E-state index in [1.165, 1.54) is 5.56 Å². The summed E-state index contributed by atoms with van der Waals surface area (Å²) in [7, 11) is 1.84. The molecule has 3 rings (SSSR count). The van der Waals surface area contributed by atoms with Crippen molar-refractivity contribution in [1.82, 2.24) is 9.78 Å². The average Bonchev–Trinajstić information content (AvgIpc) is 2.76. The molecule has 0 atom stereocenters. The maximum Gasteiger partial charge on any atom is 0.257 e. The number of aryl methyl sites for hydroxylation is 3. The molecule has 1 aromatic heterocycles. The van der Waals surface area contributed by atoms with E-state index in [4.69, 9.17) is 0 Å². The number of benzene rings is 1. The van der Waals surface area contributed by atoms with Crippen LogP contribution in [0.15, 0.2) is 24.4 Å². The van der Waals surface area contributed by atoms with Gasteiger partial charge in [-0.15, -0.1) is 0 Å². The highest BCUT2D eigenvalue weighted by molar-refractivity contribution is 6.08. The minimum atomic E-state index is -0.0904. The van der Waals surface area contributed by atoms with Crippen molar-refractivity contribution < 1.29 is 4.79 Å². The quantitative estimate of drug-likeness (QED) is 0.880. The summed E-state index contributed by atoms with van der Waals surface area (Å²) in [5, 5.41) is 10.5. The highest BCUT2D eigenvalue weighted by Gasteiger charge is 2.18. The van der Waals surface area contributed by atoms with Gasteiger partial charge in [-0.2, -0.15) is 5.10 Å². The number of aromatic nitrogens is 2. The number of nitrogens with one attached hydrogen (secondary N) is 2. The van der Waals surface area contributed by atoms with Crippen molar-refractivity contribution >= 4 is 17.3 Å². The van der Waals surface area contributed by atoms with Gasteiger partial charge >= 0.3 is 0 Å². The van der Waals surface area contributed by atoms with Gasteiger partial charge in [0.1, 0.15) is 0 Å². The van der Waals surface area contributed by atoms with Gasteiger partial charge in [-0.3, -0.25) is 9.48 Å². The van der Waals surface area contributed by atoms with Crippen molar-refractivity contribution in [3.05, 3.63) is 41.2 Å². The minimum absolute atomic E-state index is 0.0904. The second-order valence-corrected chi connectivity index (χ2v) is 5.13. The zero-order chi connectivity index (χ0) is 14.1. The molecule has 1 aliphatic rings. The van der Waals surface area contributed by atoms with Gasteiger partial charge in [-0.1, -0.05) is 12.1 Å². The molecule has 0 bridgehead atoms. The van der Waals surface area contributed by atoms with Crippen molar-refractivity contribution in [3.8, 4) is 0 Å². The molecular weight excluding hydrogens is 252 g/mol. The smallest absolute Gasteiger partial charge is 0.257 e. The Bertz CT molecular complexity index is 660. The first kappa shape index (κ1) is 12.7. The van der Waals surface area contributed by atoms with E-state index in [1.54, 1.807) is 4.68 Å². The molecule has 0 radical (unpaired) electrons. The summed E-state index contributed by atoms with van der Waals surface area (Å²) < 4.78 is 1.70. The van der Waals surface area contributed by atoms with Gasteiger partial charge < -0.3 is 10.6 Å². The first-order valence-corrected chi connectivity index (χ1v) is 6.82. The number of hydrogen-bond acceptors (Lipinski definition) is 3. The van der Waals surface area contributed by atoms with Crippen molar-refractivity contribution in [3.63, 3.8) is 0 Å². The van der Waals surface area contributed by atoms with Crippen LogP contribution in [0.25, 0.3) is 0 Å². The van der Waals surface area contributed by atoms with Crippen LogP contribution >= 0.6 is 0 Å². The Hall–Kier alpha value is -2.30. The van der Waals surface area contributed by atoms with E-state index in [2.05, 4.69) is 21.8 Å². The first-order valence-electron chi connectivity index (χ1n) is 6.82. The molecule has 2 heterocycles. The highest BCUT2D eigenvalue weighted by Crippen LogP contribution is 2.27. The van der Waals surface area contributed by atoms with Crippen LogP contribution in [0.1, 0.15) is 28.0 Å². The lowest BCUT2D eigenvalue weighted by Gasteiger charge is -2.20. The number of fused-ring (bicyclic) bond motifs is 1. The van der Waals surface area contributed by atoms with E-state index < -0.39 is 0 Å². The Morgan fingerprint density at radius 1 is 1.45 bits per heavy atom. The van der Waals surface area contributed by atoms with Crippen LogP contribution < -0.4 is 10.6 Å². The fraction of sp³-hybridized carbons (Fsp3) is 0.333. The monoisotopic (exact) mass is 270 g/mol. The molecule has 1 aromatic carbocycles. The number of para-hydroxylation sites is 1. The Labute approximate surface area is 118 Å². The Balaban J connectivity index is 1.89. The highest BCUT2D eigenvalue weighted by atomic mass is 16.1. The number of hydrogen-bond donors (Lipinski definition) is 2. The SMILES string of the molecule is Cc1nn(C)cc1NC(=O)c1cccc2c1NCCC2. The van der Waals surface area contributed by atoms with Crippen LogP contribution in [0.5, 0.6) is 0 Å². The molecule has 0 aliphatic carbocycles. The molecule has 5 heteroatoms. The lowest BCUT2D eigenvalue weighted by molar-refractivity contribution is 0.102. The normalized spacial score (nSPS) is 13.5. The number of amides is 1. The summed E-state index contributed by atoms with van der Waals surface area (Å²) in [5.74, 6) is -0.0904. The molecule has 1 aliphatic heterocycles. The topological polar surface area (TPSA) is 59.0 Å². The molecule has 5 nitrogen and oxygen atoms in total. The number of nitrogens with zero attached hydrogens (tertiary/aromatic N) is 2. The number of anilines is 2. The zero-order valence-corrected chi connectivity index (χ0v) is 11.7. The standard InChI is InChI=1S/C15H18N4O/c1-10-13(9-19(2)18-10)17-15(20)12-7-3-5-11-6-4-8-16-14(11)12/h3,5,7,9,16H,4,6,8H2,1-2H3,(H,17,20). The summed E-state index contributed by atoms with van der Waals surface area (Å²) in [4.78, 5) is 12.5. The van der Waals surface area contributed by atoms with Crippen LogP contribution in [0.2, 0.25) is 0 Å². The van der Waals surface area contributed by atoms with Gasteiger partial charge in [-0.05, 0) is 31.4 Å². The third-order valence-electron chi connectivity index (χ3n) is 3.58. The second kappa shape index (κ2) is 5.00. The second-order valence-electron chi connectivity index (χ2n) is 5.13. The Morgan fingerprint density at radius 3 is 3.05 bits per heavy atom. The molecule has 104 valence electrons. The first-order chi connectivity index (χ1) is 9.65. The largest absolute Gasteiger partial charge is 0.384 e. The predicted octanol–water partition coefficient (Wildman–Crippen LogP) is 2.34. The molecule has 0 spiro atoms. The molecule has 0 unspecified atom stereocenters. The fourth-order valence-electron chi connectivity index (χ4n) is 2.61. The van der Waals surface area contributed by atoms with E-state index in [1.807, 2.05) is 32.3 Å². The van der Waals surface area contributed by atoms with Crippen molar-refractivity contribution in [2.24, 2.45) is 7.05 Å². The maximum atomic E-state index is 12.5. The molecule has 0 saturated carbocycles. The summed E-state index contributed by atoms with van der Waals surface area (Å²) in [6, 6.07) is 5.88. The van der Waals surface area contributed by atoms with Gasteiger partial charge in [0, 0.05) is 19.8 Å². The van der Waals surface area contributed by atoms with Gasteiger partial charge in [0.15, 0.2) is 0 Å². The van der Waals surface area contributed by atoms with E-state index in [0.717, 1.165) is 36.5 Å². The molecule has 2 N–H and O–H groups in total. The van der Waals surface area contributed by atoms with E-state index >= 15 is 0 Å². The van der Waals surface area contributed by atoms with Crippen LogP contribution in [0.4, 0.5) is 11.4 Å². The summed E-state index contributed by atoms with van der Waals surface area (Å²) >= 11 is 0. The van der Waals surface area contributed by atoms with Crippen LogP contribution in [0, 0.1) is 6.92 Å². The third kappa shape index (κ3) is 2.27. The van der Waals surface area contributed by atoms with Gasteiger partial charge in [0.25, 0.3) is 5.91 Å². The molecule has 20 heavy (non-hydrogen) atoms. The number of carbonyl (C=O) groups excluding carboxylic acids is 1. The van der Waals surface area contributed by atoms with Crippen molar-refractivity contribution in [2.75, 3.05) is 17.2 Å². The summed E-state index contributed by atoms with van der Waals surface area (Å²) in [6.45, 7) is 2.80. The molecule has 0 fully saturated rings. The third-order valence-corrected chi connectivity index (χ3v) is 3.58. The predicted molar refractivity (Wildman–Crippen MR) is 79.2 cm³/mol. The van der Waals surface area contributed by atoms with Gasteiger partial charge in [0.05, 0.1) is 22.6 Å². The minimum Gasteiger partial charge on any atom is -0.384 e. The summed E-state index contributed by atoms with van der Waals surface area (Å²) in [6.07, 6.45) is 3.95. The van der Waals surface area contributed by atoms with E-state index in [-0.39, 0.29) is 5.91 Å². The Kier molecular flexibility index (Phi) is 3.18. The molecular formula is C15H18N4O. The van der Waals surface area contributed by atoms with E-state index in [0.29, 0.717) is 5.56 Å². The van der Waals surface area contributed by atoms with Crippen LogP contribution in [-0.2, 0) is 13.5 Å². The van der Waals surface area contributed by atoms with Crippen molar-refractivity contribution in [2.45, 2.75) is 19.8 Å². The molecule has 0 saturated heterocycles. The van der Waals surface area contributed by atoms with E-state index in [9.17, 15) is 4.79 Å². The number of rotatable bonds is 2. The lowest BCUT2D eigenvalue weighted by atomic mass is 9.99. The average molecular weight is 270 g/mol. The van der Waals surface area contributed by atoms with Gasteiger partial charge in [-0.25, -0.2) is 0 Å². The molecule has 1 amide bonds. The van der Waals surface area contributed by atoms with Crippen LogP contribution in [0.3, 0.4) is 0 Å². The zero-order valence-electron chi connectivity index (χ0n) is 11.7. The lowest BCUT2D eigenvalue weighted by Crippen LogP contribution is -2.19. The summed E-state index contributed by atoms with van der Waals surface area (Å²) in [5.41, 5.74) is 4.46. The fourth-order valence-corrected chi connectivity index (χ4v) is 2.61. The maximum absolute atomic E-state index is 12.5. The molecule has 2 aromatic rings. The Morgan fingerprint density at radius 2 is 2.30 bits per heavy atom. The number of carbonyl (C=O) groups is 1. The van der Waals surface area contributed by atoms with Crippen molar-refractivity contribution in [1.29, 1.82) is 0 Å². The van der Waals surface area contributed by atoms with Crippen LogP contribution in [-0.4, -0.2) is 22.2 Å². The van der Waals surface area contributed by atoms with Gasteiger partial charge in [0.2, 0.25) is 0 Å².